The Balaban J connectivity index is 1.20. The number of hydrogen-bond acceptors (Lipinski definition) is 0. The van der Waals surface area contributed by atoms with Gasteiger partial charge in [-0.05, 0) is 78.7 Å². The van der Waals surface area contributed by atoms with E-state index < -0.39 is 0 Å². The Morgan fingerprint density at radius 2 is 0.686 bits per heavy atom. The van der Waals surface area contributed by atoms with Crippen molar-refractivity contribution >= 4 is 43.4 Å². The van der Waals surface area contributed by atoms with Crippen LogP contribution in [0.4, 0.5) is 0 Å². The second-order valence-corrected chi connectivity index (χ2v) is 13.2. The molecule has 1 aromatic heterocycles. The molecule has 238 valence electrons. The van der Waals surface area contributed by atoms with Gasteiger partial charge in [-0.1, -0.05) is 182 Å². The Kier molecular flexibility index (Phi) is 6.89. The van der Waals surface area contributed by atoms with E-state index in [1.54, 1.807) is 0 Å². The minimum Gasteiger partial charge on any atom is -0.309 e. The van der Waals surface area contributed by atoms with E-state index in [0.29, 0.717) is 0 Å². The van der Waals surface area contributed by atoms with Gasteiger partial charge in [0.15, 0.2) is 0 Å². The molecule has 0 N–H and O–H groups in total. The summed E-state index contributed by atoms with van der Waals surface area (Å²) in [7, 11) is 0. The van der Waals surface area contributed by atoms with Crippen molar-refractivity contribution in [1.82, 2.24) is 4.57 Å². The summed E-state index contributed by atoms with van der Waals surface area (Å²) in [5, 5.41) is 7.57. The molecule has 10 rings (SSSR count). The van der Waals surface area contributed by atoms with Crippen LogP contribution in [0.5, 0.6) is 0 Å². The molecule has 0 atom stereocenters. The van der Waals surface area contributed by atoms with Gasteiger partial charge in [-0.15, -0.1) is 0 Å². The monoisotopic (exact) mass is 647 g/mol. The summed E-state index contributed by atoms with van der Waals surface area (Å²) in [6.45, 7) is 0. The lowest BCUT2D eigenvalue weighted by Crippen LogP contribution is -1.97. The first-order valence-corrected chi connectivity index (χ1v) is 17.6. The number of hydrogen-bond donors (Lipinski definition) is 0. The standard InChI is InChI=1S/C50H33N/c1-3-16-34(17-4-1)38-20-7-8-21-39(38)45-27-15-28-46-40-22-13-14-29-47(40)51(50(45)46)37-32-30-36(31-33-37)49-43-25-11-9-23-41(43)48(35-18-5-2-6-19-35)42-24-10-12-26-44(42)49/h1-33H. The number of benzene rings is 9. The highest BCUT2D eigenvalue weighted by molar-refractivity contribution is 6.21. The first kappa shape index (κ1) is 29.2. The second kappa shape index (κ2) is 12.0. The smallest absolute Gasteiger partial charge is 0.0619 e. The molecule has 1 nitrogen and oxygen atoms in total. The summed E-state index contributed by atoms with van der Waals surface area (Å²) in [6.07, 6.45) is 0. The van der Waals surface area contributed by atoms with Crippen LogP contribution < -0.4 is 0 Å². The maximum Gasteiger partial charge on any atom is 0.0619 e. The summed E-state index contributed by atoms with van der Waals surface area (Å²) in [6, 6.07) is 72.8. The summed E-state index contributed by atoms with van der Waals surface area (Å²) >= 11 is 0. The molecule has 0 aliphatic heterocycles. The van der Waals surface area contributed by atoms with Crippen LogP contribution in [0.15, 0.2) is 200 Å². The van der Waals surface area contributed by atoms with Gasteiger partial charge in [-0.3, -0.25) is 0 Å². The van der Waals surface area contributed by atoms with E-state index in [-0.39, 0.29) is 0 Å². The quantitative estimate of drug-likeness (QED) is 0.164. The number of rotatable bonds is 5. The van der Waals surface area contributed by atoms with Gasteiger partial charge >= 0.3 is 0 Å². The molecular formula is C50H33N. The zero-order chi connectivity index (χ0) is 33.7. The van der Waals surface area contributed by atoms with Crippen LogP contribution >= 0.6 is 0 Å². The first-order valence-electron chi connectivity index (χ1n) is 17.6. The minimum atomic E-state index is 1.14. The molecular weight excluding hydrogens is 615 g/mol. The third-order valence-electron chi connectivity index (χ3n) is 10.4. The highest BCUT2D eigenvalue weighted by Crippen LogP contribution is 2.45. The molecule has 0 radical (unpaired) electrons. The van der Waals surface area contributed by atoms with Crippen molar-refractivity contribution in [2.45, 2.75) is 0 Å². The fourth-order valence-electron chi connectivity index (χ4n) is 8.22. The molecule has 0 aliphatic carbocycles. The molecule has 0 amide bonds. The Morgan fingerprint density at radius 3 is 1.29 bits per heavy atom. The van der Waals surface area contributed by atoms with E-state index in [2.05, 4.69) is 205 Å². The fraction of sp³-hybridized carbons (Fsp3) is 0. The molecule has 0 spiro atoms. The molecule has 9 aromatic carbocycles. The third-order valence-corrected chi connectivity index (χ3v) is 10.4. The van der Waals surface area contributed by atoms with Gasteiger partial charge in [0, 0.05) is 22.0 Å². The molecule has 51 heavy (non-hydrogen) atoms. The summed E-state index contributed by atoms with van der Waals surface area (Å²) in [4.78, 5) is 0. The number of fused-ring (bicyclic) bond motifs is 5. The highest BCUT2D eigenvalue weighted by Gasteiger charge is 2.20. The van der Waals surface area contributed by atoms with Gasteiger partial charge in [0.1, 0.15) is 0 Å². The largest absolute Gasteiger partial charge is 0.309 e. The molecule has 0 aliphatic rings. The lowest BCUT2D eigenvalue weighted by Gasteiger charge is -2.18. The Hall–Kier alpha value is -6.70. The maximum atomic E-state index is 2.46. The molecule has 1 heteroatoms. The topological polar surface area (TPSA) is 4.93 Å². The van der Waals surface area contributed by atoms with Gasteiger partial charge in [-0.2, -0.15) is 0 Å². The predicted molar refractivity (Wildman–Crippen MR) is 218 cm³/mol. The van der Waals surface area contributed by atoms with Crippen LogP contribution in [0.2, 0.25) is 0 Å². The SMILES string of the molecule is c1ccc(-c2ccccc2-c2cccc3c4ccccc4n(-c4ccc(-c5c6ccccc6c(-c6ccccc6)c6ccccc56)cc4)c23)cc1. The third kappa shape index (κ3) is 4.70. The van der Waals surface area contributed by atoms with E-state index in [4.69, 9.17) is 0 Å². The molecule has 1 heterocycles. The van der Waals surface area contributed by atoms with Gasteiger partial charge in [0.25, 0.3) is 0 Å². The van der Waals surface area contributed by atoms with Gasteiger partial charge < -0.3 is 4.57 Å². The van der Waals surface area contributed by atoms with Crippen LogP contribution in [0.25, 0.3) is 93.5 Å². The molecule has 0 saturated carbocycles. The van der Waals surface area contributed by atoms with Crippen molar-refractivity contribution in [3.63, 3.8) is 0 Å². The van der Waals surface area contributed by atoms with Crippen LogP contribution in [0.1, 0.15) is 0 Å². The number of para-hydroxylation sites is 2. The van der Waals surface area contributed by atoms with E-state index in [9.17, 15) is 0 Å². The van der Waals surface area contributed by atoms with Gasteiger partial charge in [0.05, 0.1) is 11.0 Å². The summed E-state index contributed by atoms with van der Waals surface area (Å²) in [5.74, 6) is 0. The molecule has 0 bridgehead atoms. The Labute approximate surface area is 297 Å². The molecule has 10 aromatic rings. The fourth-order valence-corrected chi connectivity index (χ4v) is 8.22. The van der Waals surface area contributed by atoms with Crippen molar-refractivity contribution in [2.75, 3.05) is 0 Å². The van der Waals surface area contributed by atoms with Crippen molar-refractivity contribution in [3.05, 3.63) is 200 Å². The maximum absolute atomic E-state index is 2.46. The zero-order valence-corrected chi connectivity index (χ0v) is 28.0. The zero-order valence-electron chi connectivity index (χ0n) is 28.0. The van der Waals surface area contributed by atoms with Crippen LogP contribution in [-0.4, -0.2) is 4.57 Å². The van der Waals surface area contributed by atoms with Crippen LogP contribution in [0.3, 0.4) is 0 Å². The van der Waals surface area contributed by atoms with E-state index in [0.717, 1.165) is 5.69 Å². The van der Waals surface area contributed by atoms with Gasteiger partial charge in [0.2, 0.25) is 0 Å². The van der Waals surface area contributed by atoms with Crippen molar-refractivity contribution in [1.29, 1.82) is 0 Å². The first-order chi connectivity index (χ1) is 25.3. The normalized spacial score (nSPS) is 11.5. The van der Waals surface area contributed by atoms with Gasteiger partial charge in [-0.25, -0.2) is 0 Å². The van der Waals surface area contributed by atoms with Crippen molar-refractivity contribution in [3.8, 4) is 50.2 Å². The lowest BCUT2D eigenvalue weighted by atomic mass is 9.86. The van der Waals surface area contributed by atoms with Crippen molar-refractivity contribution < 1.29 is 0 Å². The average Bonchev–Trinajstić information content (AvgIpc) is 3.55. The van der Waals surface area contributed by atoms with Crippen LogP contribution in [-0.2, 0) is 0 Å². The number of nitrogens with zero attached hydrogens (tertiary/aromatic N) is 1. The van der Waals surface area contributed by atoms with E-state index in [1.165, 1.54) is 87.9 Å². The van der Waals surface area contributed by atoms with E-state index >= 15 is 0 Å². The molecule has 0 fully saturated rings. The molecule has 0 unspecified atom stereocenters. The highest BCUT2D eigenvalue weighted by atomic mass is 15.0. The number of aromatic nitrogens is 1. The Morgan fingerprint density at radius 1 is 0.255 bits per heavy atom. The minimum absolute atomic E-state index is 1.14. The lowest BCUT2D eigenvalue weighted by molar-refractivity contribution is 1.18. The van der Waals surface area contributed by atoms with Crippen LogP contribution in [0, 0.1) is 0 Å². The second-order valence-electron chi connectivity index (χ2n) is 13.2. The van der Waals surface area contributed by atoms with E-state index in [1.807, 2.05) is 0 Å². The predicted octanol–water partition coefficient (Wildman–Crippen LogP) is 13.8. The van der Waals surface area contributed by atoms with Crippen molar-refractivity contribution in [2.24, 2.45) is 0 Å². The summed E-state index contributed by atoms with van der Waals surface area (Å²) in [5.41, 5.74) is 13.5. The summed E-state index contributed by atoms with van der Waals surface area (Å²) < 4.78 is 2.46. The molecule has 0 saturated heterocycles. The average molecular weight is 648 g/mol. The Bertz CT molecular complexity index is 2820.